The van der Waals surface area contributed by atoms with Crippen molar-refractivity contribution >= 4 is 15.9 Å². The van der Waals surface area contributed by atoms with E-state index < -0.39 is 15.9 Å². The Morgan fingerprint density at radius 1 is 0.951 bits per heavy atom. The van der Waals surface area contributed by atoms with Gasteiger partial charge in [-0.05, 0) is 99.0 Å². The van der Waals surface area contributed by atoms with Crippen molar-refractivity contribution < 1.29 is 26.9 Å². The van der Waals surface area contributed by atoms with Crippen LogP contribution >= 0.6 is 0 Å². The molecule has 12 atom stereocenters. The van der Waals surface area contributed by atoms with Gasteiger partial charge in [-0.2, -0.15) is 8.42 Å². The molecule has 4 aliphatic carbocycles. The molecule has 2 heterocycles. The largest absolute Gasteiger partial charge is 0.349 e. The minimum absolute atomic E-state index is 0.0431. The van der Waals surface area contributed by atoms with Crippen molar-refractivity contribution in [2.75, 3.05) is 6.61 Å². The molecule has 0 amide bonds. The quantitative estimate of drug-likeness (QED) is 0.368. The van der Waals surface area contributed by atoms with Crippen LogP contribution in [-0.2, 0) is 28.6 Å². The summed E-state index contributed by atoms with van der Waals surface area (Å²) in [5, 5.41) is 0. The lowest BCUT2D eigenvalue weighted by Crippen LogP contribution is -2.58. The van der Waals surface area contributed by atoms with E-state index in [1.54, 1.807) is 12.1 Å². The Morgan fingerprint density at radius 2 is 1.71 bits per heavy atom. The predicted octanol–water partition coefficient (Wildman–Crippen LogP) is 6.69. The Morgan fingerprint density at radius 3 is 2.41 bits per heavy atom. The van der Waals surface area contributed by atoms with Crippen molar-refractivity contribution in [1.82, 2.24) is 0 Å². The molecule has 1 spiro atoms. The molecule has 7 heteroatoms. The van der Waals surface area contributed by atoms with Gasteiger partial charge in [-0.3, -0.25) is 8.98 Å². The number of carbonyl (C=O) groups is 1. The fourth-order valence-electron chi connectivity index (χ4n) is 10.9. The number of hydrogen-bond donors (Lipinski definition) is 0. The molecule has 41 heavy (non-hydrogen) atoms. The van der Waals surface area contributed by atoms with Gasteiger partial charge in [0, 0.05) is 30.1 Å². The molecular formula is C34H48O6S. The van der Waals surface area contributed by atoms with E-state index in [0.29, 0.717) is 41.8 Å². The summed E-state index contributed by atoms with van der Waals surface area (Å²) in [6.45, 7) is 11.9. The summed E-state index contributed by atoms with van der Waals surface area (Å²) in [6, 6.07) is 6.90. The van der Waals surface area contributed by atoms with Crippen molar-refractivity contribution in [3.05, 3.63) is 29.8 Å². The minimum atomic E-state index is -3.79. The summed E-state index contributed by atoms with van der Waals surface area (Å²) >= 11 is 0. The van der Waals surface area contributed by atoms with E-state index in [-0.39, 0.29) is 39.8 Å². The highest BCUT2D eigenvalue weighted by atomic mass is 32.2. The average molecular weight is 585 g/mol. The number of ether oxygens (including phenoxy) is 2. The first-order valence-electron chi connectivity index (χ1n) is 16.2. The van der Waals surface area contributed by atoms with E-state index >= 15 is 0 Å². The molecule has 226 valence electrons. The molecule has 6 aliphatic rings. The Labute approximate surface area is 246 Å². The third-order valence-corrected chi connectivity index (χ3v) is 14.7. The van der Waals surface area contributed by atoms with Crippen molar-refractivity contribution in [3.8, 4) is 0 Å². The maximum atomic E-state index is 14.3. The molecule has 6 nitrogen and oxygen atoms in total. The fraction of sp³-hybridized carbons (Fsp3) is 0.794. The van der Waals surface area contributed by atoms with Crippen LogP contribution in [0.5, 0.6) is 0 Å². The van der Waals surface area contributed by atoms with Crippen LogP contribution in [0.15, 0.2) is 29.2 Å². The number of hydrogen-bond acceptors (Lipinski definition) is 6. The second kappa shape index (κ2) is 9.61. The molecule has 6 fully saturated rings. The number of carbonyl (C=O) groups excluding carboxylic acids is 1. The first kappa shape index (κ1) is 28.5. The molecule has 2 saturated heterocycles. The van der Waals surface area contributed by atoms with Crippen LogP contribution in [0.4, 0.5) is 0 Å². The van der Waals surface area contributed by atoms with Gasteiger partial charge in [0.1, 0.15) is 5.78 Å². The molecule has 1 aromatic carbocycles. The third-order valence-electron chi connectivity index (χ3n) is 13.3. The Hall–Kier alpha value is -1.28. The van der Waals surface area contributed by atoms with Gasteiger partial charge in [0.15, 0.2) is 5.79 Å². The SMILES string of the molecule is Cc1ccc(S(=O)(=O)OC2CCC3(C)C4CC(=O)C5(C)C(CC6O[C@]7(CCC(C)CO7)[C@@H](C)C65)C4CC[C@H]3C2)cc1. The van der Waals surface area contributed by atoms with E-state index in [1.165, 1.54) is 0 Å². The van der Waals surface area contributed by atoms with Crippen LogP contribution in [0.25, 0.3) is 0 Å². The van der Waals surface area contributed by atoms with Gasteiger partial charge < -0.3 is 9.47 Å². The van der Waals surface area contributed by atoms with Crippen LogP contribution < -0.4 is 0 Å². The summed E-state index contributed by atoms with van der Waals surface area (Å²) in [5.74, 6) is 2.58. The zero-order chi connectivity index (χ0) is 28.9. The van der Waals surface area contributed by atoms with Gasteiger partial charge in [-0.1, -0.05) is 45.4 Å². The molecule has 9 unspecified atom stereocenters. The Balaban J connectivity index is 1.08. The predicted molar refractivity (Wildman–Crippen MR) is 155 cm³/mol. The lowest BCUT2D eigenvalue weighted by atomic mass is 9.44. The zero-order valence-corrected chi connectivity index (χ0v) is 26.3. The Bertz CT molecular complexity index is 1300. The lowest BCUT2D eigenvalue weighted by molar-refractivity contribution is -0.272. The van der Waals surface area contributed by atoms with Crippen molar-refractivity contribution in [2.45, 2.75) is 115 Å². The number of aryl methyl sites for hydroxylation is 1. The van der Waals surface area contributed by atoms with E-state index in [0.717, 1.165) is 63.5 Å². The molecule has 0 aromatic heterocycles. The lowest BCUT2D eigenvalue weighted by Gasteiger charge is -2.60. The fourth-order valence-corrected chi connectivity index (χ4v) is 12.1. The van der Waals surface area contributed by atoms with E-state index in [1.807, 2.05) is 19.1 Å². The molecule has 0 radical (unpaired) electrons. The summed E-state index contributed by atoms with van der Waals surface area (Å²) in [4.78, 5) is 14.5. The Kier molecular flexibility index (Phi) is 6.68. The number of rotatable bonds is 3. The average Bonchev–Trinajstić information content (AvgIpc) is 3.38. The van der Waals surface area contributed by atoms with E-state index in [9.17, 15) is 13.2 Å². The number of benzene rings is 1. The van der Waals surface area contributed by atoms with Crippen LogP contribution in [-0.4, -0.2) is 38.8 Å². The van der Waals surface area contributed by atoms with Gasteiger partial charge in [0.25, 0.3) is 10.1 Å². The molecule has 7 rings (SSSR count). The summed E-state index contributed by atoms with van der Waals surface area (Å²) < 4.78 is 45.2. The van der Waals surface area contributed by atoms with Gasteiger partial charge in [0.2, 0.25) is 0 Å². The standard InChI is InChI=1S/C34H48O6S/c1-20-6-9-25(10-7-20)41(36,37)40-24-13-14-32(4)23(16-24)8-11-26-27(32)18-30(35)33(5)28(26)17-29-31(33)22(3)34(39-29)15-12-21(2)19-38-34/h6-7,9-10,21-24,26-29,31H,8,11-19H2,1-5H3/t21?,22-,23-,24?,26?,27?,28?,29?,31?,32?,33?,34+/m0/s1. The molecule has 1 aromatic rings. The molecule has 4 saturated carbocycles. The summed E-state index contributed by atoms with van der Waals surface area (Å²) in [7, 11) is -3.79. The van der Waals surface area contributed by atoms with Crippen LogP contribution in [0.1, 0.15) is 91.0 Å². The van der Waals surface area contributed by atoms with E-state index in [2.05, 4.69) is 27.7 Å². The highest BCUT2D eigenvalue weighted by molar-refractivity contribution is 7.86. The van der Waals surface area contributed by atoms with Crippen molar-refractivity contribution in [2.24, 2.45) is 52.3 Å². The van der Waals surface area contributed by atoms with Gasteiger partial charge in [0.05, 0.1) is 23.7 Å². The molecule has 2 aliphatic heterocycles. The highest BCUT2D eigenvalue weighted by Crippen LogP contribution is 2.70. The number of fused-ring (bicyclic) bond motifs is 7. The van der Waals surface area contributed by atoms with Crippen molar-refractivity contribution in [3.63, 3.8) is 0 Å². The van der Waals surface area contributed by atoms with Crippen LogP contribution in [0.3, 0.4) is 0 Å². The second-order valence-corrected chi connectivity index (χ2v) is 16.9. The molecule has 0 N–H and O–H groups in total. The van der Waals surface area contributed by atoms with Gasteiger partial charge in [-0.25, -0.2) is 0 Å². The maximum Gasteiger partial charge on any atom is 0.297 e. The van der Waals surface area contributed by atoms with Crippen LogP contribution in [0, 0.1) is 59.2 Å². The zero-order valence-electron chi connectivity index (χ0n) is 25.4. The first-order chi connectivity index (χ1) is 19.4. The monoisotopic (exact) mass is 584 g/mol. The number of Topliss-reactive ketones (excluding diaryl/α,β-unsaturated/α-hetero) is 1. The smallest absolute Gasteiger partial charge is 0.297 e. The highest BCUT2D eigenvalue weighted by Gasteiger charge is 2.71. The normalized spacial score (nSPS) is 49.3. The topological polar surface area (TPSA) is 78.9 Å². The molecular weight excluding hydrogens is 536 g/mol. The van der Waals surface area contributed by atoms with Crippen molar-refractivity contribution in [1.29, 1.82) is 0 Å². The third kappa shape index (κ3) is 4.18. The minimum Gasteiger partial charge on any atom is -0.349 e. The first-order valence-corrected chi connectivity index (χ1v) is 17.6. The molecule has 0 bridgehead atoms. The maximum absolute atomic E-state index is 14.3. The van der Waals surface area contributed by atoms with Gasteiger partial charge >= 0.3 is 0 Å². The van der Waals surface area contributed by atoms with E-state index in [4.69, 9.17) is 13.7 Å². The number of ketones is 1. The summed E-state index contributed by atoms with van der Waals surface area (Å²) in [5.41, 5.74) is 0.726. The second-order valence-electron chi connectivity index (χ2n) is 15.3. The van der Waals surface area contributed by atoms with Gasteiger partial charge in [-0.15, -0.1) is 0 Å². The van der Waals surface area contributed by atoms with Crippen LogP contribution in [0.2, 0.25) is 0 Å². The summed E-state index contributed by atoms with van der Waals surface area (Å²) in [6.07, 6.45) is 8.09.